The van der Waals surface area contributed by atoms with Gasteiger partial charge >= 0.3 is 0 Å². The Labute approximate surface area is 141 Å². The lowest BCUT2D eigenvalue weighted by atomic mass is 10.1. The van der Waals surface area contributed by atoms with Crippen LogP contribution in [0.3, 0.4) is 0 Å². The maximum atomic E-state index is 12.9. The van der Waals surface area contributed by atoms with Gasteiger partial charge in [0.25, 0.3) is 5.91 Å². The second-order valence-corrected chi connectivity index (χ2v) is 5.45. The Morgan fingerprint density at radius 1 is 1.04 bits per heavy atom. The molecule has 0 bridgehead atoms. The lowest BCUT2D eigenvalue weighted by Crippen LogP contribution is -2.37. The van der Waals surface area contributed by atoms with E-state index in [0.717, 1.165) is 11.3 Å². The summed E-state index contributed by atoms with van der Waals surface area (Å²) in [6.45, 7) is 6.10. The molecule has 0 aliphatic carbocycles. The zero-order chi connectivity index (χ0) is 17.5. The highest BCUT2D eigenvalue weighted by Crippen LogP contribution is 2.18. The second kappa shape index (κ2) is 8.34. The maximum Gasteiger partial charge on any atom is 0.261 e. The number of carbonyl (C=O) groups is 1. The van der Waals surface area contributed by atoms with Gasteiger partial charge < -0.3 is 14.8 Å². The average molecular weight is 331 g/mol. The van der Waals surface area contributed by atoms with Gasteiger partial charge in [-0.2, -0.15) is 0 Å². The van der Waals surface area contributed by atoms with Gasteiger partial charge in [-0.1, -0.05) is 12.1 Å². The zero-order valence-corrected chi connectivity index (χ0v) is 14.1. The predicted octanol–water partition coefficient (Wildman–Crippen LogP) is 3.87. The molecule has 0 aliphatic rings. The van der Waals surface area contributed by atoms with Crippen LogP contribution in [0.15, 0.2) is 48.5 Å². The molecular formula is C19H22FNO3. The minimum Gasteiger partial charge on any atom is -0.494 e. The molecule has 0 aliphatic heterocycles. The molecule has 24 heavy (non-hydrogen) atoms. The molecule has 2 aromatic carbocycles. The van der Waals surface area contributed by atoms with E-state index in [1.807, 2.05) is 38.1 Å². The lowest BCUT2D eigenvalue weighted by molar-refractivity contribution is -0.127. The van der Waals surface area contributed by atoms with Gasteiger partial charge in [0, 0.05) is 0 Å². The number of rotatable bonds is 7. The highest BCUT2D eigenvalue weighted by Gasteiger charge is 2.17. The van der Waals surface area contributed by atoms with Crippen molar-refractivity contribution < 1.29 is 18.7 Å². The summed E-state index contributed by atoms with van der Waals surface area (Å²) in [7, 11) is 0. The smallest absolute Gasteiger partial charge is 0.261 e. The van der Waals surface area contributed by atoms with E-state index in [9.17, 15) is 9.18 Å². The maximum absolute atomic E-state index is 12.9. The molecule has 0 unspecified atom stereocenters. The topological polar surface area (TPSA) is 47.6 Å². The van der Waals surface area contributed by atoms with Crippen molar-refractivity contribution in [3.63, 3.8) is 0 Å². The summed E-state index contributed by atoms with van der Waals surface area (Å²) in [5.74, 6) is 0.671. The summed E-state index contributed by atoms with van der Waals surface area (Å²) in [5, 5.41) is 2.90. The van der Waals surface area contributed by atoms with Crippen LogP contribution < -0.4 is 14.8 Å². The van der Waals surface area contributed by atoms with E-state index in [0.29, 0.717) is 12.4 Å². The highest BCUT2D eigenvalue weighted by atomic mass is 19.1. The largest absolute Gasteiger partial charge is 0.494 e. The molecule has 2 atom stereocenters. The fourth-order valence-corrected chi connectivity index (χ4v) is 2.20. The van der Waals surface area contributed by atoms with Crippen LogP contribution >= 0.6 is 0 Å². The van der Waals surface area contributed by atoms with Gasteiger partial charge in [-0.25, -0.2) is 4.39 Å². The van der Waals surface area contributed by atoms with E-state index in [4.69, 9.17) is 9.47 Å². The van der Waals surface area contributed by atoms with Crippen LogP contribution in [0.5, 0.6) is 11.5 Å². The van der Waals surface area contributed by atoms with E-state index >= 15 is 0 Å². The number of hydrogen-bond acceptors (Lipinski definition) is 3. The summed E-state index contributed by atoms with van der Waals surface area (Å²) in [5.41, 5.74) is 0.973. The van der Waals surface area contributed by atoms with Gasteiger partial charge in [0.15, 0.2) is 6.10 Å². The van der Waals surface area contributed by atoms with Crippen LogP contribution in [0, 0.1) is 5.82 Å². The minimum absolute atomic E-state index is 0.160. The van der Waals surface area contributed by atoms with Crippen molar-refractivity contribution >= 4 is 5.91 Å². The van der Waals surface area contributed by atoms with Gasteiger partial charge in [-0.05, 0) is 62.7 Å². The summed E-state index contributed by atoms with van der Waals surface area (Å²) >= 11 is 0. The van der Waals surface area contributed by atoms with Gasteiger partial charge in [-0.3, -0.25) is 4.79 Å². The standard InChI is InChI=1S/C19H22FNO3/c1-4-23-17-9-5-15(6-10-17)13(2)21-19(22)14(3)24-18-11-7-16(20)8-12-18/h5-14H,4H2,1-3H3,(H,21,22)/t13-,14-/m1/s1. The van der Waals surface area contributed by atoms with Crippen molar-refractivity contribution in [2.24, 2.45) is 0 Å². The number of hydrogen-bond donors (Lipinski definition) is 1. The number of carbonyl (C=O) groups excluding carboxylic acids is 1. The van der Waals surface area contributed by atoms with Crippen molar-refractivity contribution in [2.45, 2.75) is 32.9 Å². The van der Waals surface area contributed by atoms with Crippen LogP contribution in [0.4, 0.5) is 4.39 Å². The Hall–Kier alpha value is -2.56. The molecule has 0 saturated heterocycles. The first-order valence-corrected chi connectivity index (χ1v) is 7.95. The Balaban J connectivity index is 1.91. The van der Waals surface area contributed by atoms with Gasteiger partial charge in [0.05, 0.1) is 12.6 Å². The molecule has 4 nitrogen and oxygen atoms in total. The number of halogens is 1. The first-order valence-electron chi connectivity index (χ1n) is 7.95. The van der Waals surface area contributed by atoms with Crippen molar-refractivity contribution in [3.8, 4) is 11.5 Å². The van der Waals surface area contributed by atoms with Crippen molar-refractivity contribution in [1.29, 1.82) is 0 Å². The van der Waals surface area contributed by atoms with Crippen molar-refractivity contribution in [3.05, 3.63) is 59.9 Å². The fraction of sp³-hybridized carbons (Fsp3) is 0.316. The van der Waals surface area contributed by atoms with Crippen LogP contribution in [-0.4, -0.2) is 18.6 Å². The van der Waals surface area contributed by atoms with Crippen LogP contribution in [0.2, 0.25) is 0 Å². The Morgan fingerprint density at radius 2 is 1.62 bits per heavy atom. The molecule has 5 heteroatoms. The monoisotopic (exact) mass is 331 g/mol. The van der Waals surface area contributed by atoms with E-state index < -0.39 is 6.10 Å². The van der Waals surface area contributed by atoms with Crippen LogP contribution in [0.25, 0.3) is 0 Å². The fourth-order valence-electron chi connectivity index (χ4n) is 2.20. The zero-order valence-electron chi connectivity index (χ0n) is 14.1. The molecule has 1 amide bonds. The summed E-state index contributed by atoms with van der Waals surface area (Å²) in [6.07, 6.45) is -0.680. The molecule has 1 N–H and O–H groups in total. The molecule has 2 rings (SSSR count). The summed E-state index contributed by atoms with van der Waals surface area (Å²) < 4.78 is 23.8. The summed E-state index contributed by atoms with van der Waals surface area (Å²) in [6, 6.07) is 13.0. The first kappa shape index (κ1) is 17.8. The van der Waals surface area contributed by atoms with Crippen molar-refractivity contribution in [2.75, 3.05) is 6.61 Å². The van der Waals surface area contributed by atoms with E-state index in [1.165, 1.54) is 24.3 Å². The molecule has 0 aromatic heterocycles. The molecule has 128 valence electrons. The number of nitrogens with one attached hydrogen (secondary N) is 1. The van der Waals surface area contributed by atoms with Crippen LogP contribution in [0.1, 0.15) is 32.4 Å². The SMILES string of the molecule is CCOc1ccc([C@@H](C)NC(=O)[C@@H](C)Oc2ccc(F)cc2)cc1. The third kappa shape index (κ3) is 4.98. The lowest BCUT2D eigenvalue weighted by Gasteiger charge is -2.19. The van der Waals surface area contributed by atoms with Crippen molar-refractivity contribution in [1.82, 2.24) is 5.32 Å². The van der Waals surface area contributed by atoms with Gasteiger partial charge in [0.1, 0.15) is 17.3 Å². The first-order chi connectivity index (χ1) is 11.5. The van der Waals surface area contributed by atoms with Crippen LogP contribution in [-0.2, 0) is 4.79 Å². The molecular weight excluding hydrogens is 309 g/mol. The number of ether oxygens (including phenoxy) is 2. The molecule has 0 heterocycles. The molecule has 0 radical (unpaired) electrons. The highest BCUT2D eigenvalue weighted by molar-refractivity contribution is 5.81. The summed E-state index contributed by atoms with van der Waals surface area (Å²) in [4.78, 5) is 12.2. The molecule has 0 spiro atoms. The second-order valence-electron chi connectivity index (χ2n) is 5.45. The van der Waals surface area contributed by atoms with Gasteiger partial charge in [-0.15, -0.1) is 0 Å². The average Bonchev–Trinajstić information content (AvgIpc) is 2.57. The Morgan fingerprint density at radius 3 is 2.21 bits per heavy atom. The van der Waals surface area contributed by atoms with E-state index in [1.54, 1.807) is 6.92 Å². The number of benzene rings is 2. The van der Waals surface area contributed by atoms with E-state index in [2.05, 4.69) is 5.32 Å². The quantitative estimate of drug-likeness (QED) is 0.838. The third-order valence-corrected chi connectivity index (χ3v) is 3.55. The molecule has 2 aromatic rings. The molecule has 0 saturated carbocycles. The number of amides is 1. The third-order valence-electron chi connectivity index (χ3n) is 3.55. The Bertz CT molecular complexity index is 655. The minimum atomic E-state index is -0.680. The van der Waals surface area contributed by atoms with E-state index in [-0.39, 0.29) is 17.8 Å². The predicted molar refractivity (Wildman–Crippen MR) is 90.7 cm³/mol. The normalized spacial score (nSPS) is 13.0. The Kier molecular flexibility index (Phi) is 6.18. The molecule has 0 fully saturated rings. The van der Waals surface area contributed by atoms with Gasteiger partial charge in [0.2, 0.25) is 0 Å².